The Labute approximate surface area is 71.4 Å². The van der Waals surface area contributed by atoms with Gasteiger partial charge in [-0.25, -0.2) is 4.79 Å². The van der Waals surface area contributed by atoms with E-state index in [4.69, 9.17) is 5.11 Å². The molecule has 3 nitrogen and oxygen atoms in total. The van der Waals surface area contributed by atoms with Gasteiger partial charge in [0.05, 0.1) is 0 Å². The second kappa shape index (κ2) is 5.07. The van der Waals surface area contributed by atoms with E-state index in [-0.39, 0.29) is 5.71 Å². The minimum Gasteiger partial charge on any atom is -0.477 e. The zero-order valence-corrected chi connectivity index (χ0v) is 6.95. The molecule has 12 heavy (non-hydrogen) atoms. The molecule has 0 radical (unpaired) electrons. The SMILES string of the molecule is C=C/C=C(/C=C)C(=NC)C(=O)O. The van der Waals surface area contributed by atoms with Gasteiger partial charge in [-0.15, -0.1) is 0 Å². The quantitative estimate of drug-likeness (QED) is 0.506. The fourth-order valence-electron chi connectivity index (χ4n) is 0.719. The van der Waals surface area contributed by atoms with Crippen LogP contribution in [0.4, 0.5) is 0 Å². The lowest BCUT2D eigenvalue weighted by atomic mass is 10.1. The monoisotopic (exact) mass is 165 g/mol. The van der Waals surface area contributed by atoms with Gasteiger partial charge in [0.15, 0.2) is 0 Å². The van der Waals surface area contributed by atoms with E-state index < -0.39 is 5.97 Å². The zero-order chi connectivity index (χ0) is 9.56. The summed E-state index contributed by atoms with van der Waals surface area (Å²) in [6, 6.07) is 0. The maximum Gasteiger partial charge on any atom is 0.354 e. The van der Waals surface area contributed by atoms with Crippen LogP contribution >= 0.6 is 0 Å². The van der Waals surface area contributed by atoms with Crippen LogP contribution in [0.15, 0.2) is 42.0 Å². The first-order valence-electron chi connectivity index (χ1n) is 3.33. The number of hydrogen-bond acceptors (Lipinski definition) is 2. The van der Waals surface area contributed by atoms with Crippen molar-refractivity contribution in [3.63, 3.8) is 0 Å². The van der Waals surface area contributed by atoms with Crippen molar-refractivity contribution in [1.29, 1.82) is 0 Å². The molecule has 0 aromatic heterocycles. The number of nitrogens with zero attached hydrogens (tertiary/aromatic N) is 1. The van der Waals surface area contributed by atoms with E-state index in [0.717, 1.165) is 0 Å². The number of aliphatic imine (C=N–C) groups is 1. The van der Waals surface area contributed by atoms with Crippen molar-refractivity contribution in [2.45, 2.75) is 0 Å². The highest BCUT2D eigenvalue weighted by Crippen LogP contribution is 2.00. The fraction of sp³-hybridized carbons (Fsp3) is 0.111. The molecule has 0 aliphatic carbocycles. The standard InChI is InChI=1S/C9H11NO2/c1-4-6-7(5-2)8(10-3)9(11)12/h4-6H,1-2H2,3H3,(H,11,12)/b7-6-,10-8?. The number of rotatable bonds is 4. The molecular formula is C9H11NO2. The number of allylic oxidation sites excluding steroid dienone is 3. The fourth-order valence-corrected chi connectivity index (χ4v) is 0.719. The van der Waals surface area contributed by atoms with Crippen LogP contribution in [-0.2, 0) is 4.79 Å². The number of aliphatic carboxylic acids is 1. The van der Waals surface area contributed by atoms with E-state index in [1.54, 1.807) is 6.08 Å². The summed E-state index contributed by atoms with van der Waals surface area (Å²) in [6.45, 7) is 6.92. The molecule has 0 rings (SSSR count). The Bertz CT molecular complexity index is 262. The van der Waals surface area contributed by atoms with Gasteiger partial charge >= 0.3 is 5.97 Å². The first-order valence-corrected chi connectivity index (χ1v) is 3.33. The van der Waals surface area contributed by atoms with Gasteiger partial charge in [0.25, 0.3) is 0 Å². The van der Waals surface area contributed by atoms with Crippen LogP contribution < -0.4 is 0 Å². The summed E-state index contributed by atoms with van der Waals surface area (Å²) >= 11 is 0. The van der Waals surface area contributed by atoms with E-state index in [1.807, 2.05) is 0 Å². The van der Waals surface area contributed by atoms with Gasteiger partial charge in [-0.3, -0.25) is 4.99 Å². The molecule has 0 heterocycles. The second-order valence-corrected chi connectivity index (χ2v) is 1.94. The van der Waals surface area contributed by atoms with Crippen LogP contribution in [0.2, 0.25) is 0 Å². The first-order chi connectivity index (χ1) is 5.67. The summed E-state index contributed by atoms with van der Waals surface area (Å²) in [5.74, 6) is -1.06. The summed E-state index contributed by atoms with van der Waals surface area (Å²) in [7, 11) is 1.42. The Hall–Kier alpha value is -1.64. The smallest absolute Gasteiger partial charge is 0.354 e. The van der Waals surface area contributed by atoms with Crippen molar-refractivity contribution < 1.29 is 9.90 Å². The minimum atomic E-state index is -1.06. The van der Waals surface area contributed by atoms with Crippen LogP contribution in [0, 0.1) is 0 Å². The van der Waals surface area contributed by atoms with Crippen LogP contribution in [0.3, 0.4) is 0 Å². The molecule has 0 bridgehead atoms. The predicted octanol–water partition coefficient (Wildman–Crippen LogP) is 1.44. The Balaban J connectivity index is 4.95. The normalized spacial score (nSPS) is 12.4. The third-order valence-electron chi connectivity index (χ3n) is 1.22. The molecule has 0 atom stereocenters. The van der Waals surface area contributed by atoms with Gasteiger partial charge in [-0.1, -0.05) is 31.4 Å². The van der Waals surface area contributed by atoms with Crippen LogP contribution in [0.5, 0.6) is 0 Å². The van der Waals surface area contributed by atoms with Gasteiger partial charge in [0, 0.05) is 12.6 Å². The van der Waals surface area contributed by atoms with Gasteiger partial charge < -0.3 is 5.11 Å². The Morgan fingerprint density at radius 1 is 1.50 bits per heavy atom. The van der Waals surface area contributed by atoms with Gasteiger partial charge in [-0.2, -0.15) is 0 Å². The molecule has 1 N–H and O–H groups in total. The molecule has 0 aliphatic rings. The Morgan fingerprint density at radius 2 is 2.08 bits per heavy atom. The molecule has 64 valence electrons. The lowest BCUT2D eigenvalue weighted by Gasteiger charge is -1.98. The van der Waals surface area contributed by atoms with E-state index in [2.05, 4.69) is 18.2 Å². The first kappa shape index (κ1) is 10.4. The maximum absolute atomic E-state index is 10.6. The molecule has 0 saturated carbocycles. The topological polar surface area (TPSA) is 49.7 Å². The summed E-state index contributed by atoms with van der Waals surface area (Å²) in [5.41, 5.74) is 0.449. The van der Waals surface area contributed by atoms with Crippen LogP contribution in [-0.4, -0.2) is 23.8 Å². The Morgan fingerprint density at radius 3 is 2.33 bits per heavy atom. The van der Waals surface area contributed by atoms with E-state index >= 15 is 0 Å². The highest BCUT2D eigenvalue weighted by molar-refractivity contribution is 6.43. The van der Waals surface area contributed by atoms with Crippen molar-refractivity contribution in [3.05, 3.63) is 37.0 Å². The summed E-state index contributed by atoms with van der Waals surface area (Å²) in [6.07, 6.45) is 4.46. The number of carboxylic acids is 1. The van der Waals surface area contributed by atoms with Crippen LogP contribution in [0.1, 0.15) is 0 Å². The summed E-state index contributed by atoms with van der Waals surface area (Å²) in [5, 5.41) is 8.65. The highest BCUT2D eigenvalue weighted by atomic mass is 16.4. The van der Waals surface area contributed by atoms with Crippen molar-refractivity contribution >= 4 is 11.7 Å². The average Bonchev–Trinajstić information content (AvgIpc) is 2.03. The number of carboxylic acid groups (broad SMARTS) is 1. The van der Waals surface area contributed by atoms with Gasteiger partial charge in [0.2, 0.25) is 0 Å². The molecule has 0 aromatic carbocycles. The zero-order valence-electron chi connectivity index (χ0n) is 6.95. The van der Waals surface area contributed by atoms with Gasteiger partial charge in [-0.05, 0) is 0 Å². The molecule has 0 saturated heterocycles. The van der Waals surface area contributed by atoms with Crippen molar-refractivity contribution in [2.75, 3.05) is 7.05 Å². The van der Waals surface area contributed by atoms with Crippen molar-refractivity contribution in [1.82, 2.24) is 0 Å². The lowest BCUT2D eigenvalue weighted by molar-refractivity contribution is -0.129. The molecule has 0 aromatic rings. The second-order valence-electron chi connectivity index (χ2n) is 1.94. The number of carbonyl (C=O) groups is 1. The largest absolute Gasteiger partial charge is 0.477 e. The predicted molar refractivity (Wildman–Crippen MR) is 49.5 cm³/mol. The molecule has 3 heteroatoms. The number of hydrogen-bond donors (Lipinski definition) is 1. The molecule has 0 unspecified atom stereocenters. The third-order valence-corrected chi connectivity index (χ3v) is 1.22. The molecular weight excluding hydrogens is 154 g/mol. The summed E-state index contributed by atoms with van der Waals surface area (Å²) < 4.78 is 0. The average molecular weight is 165 g/mol. The van der Waals surface area contributed by atoms with Crippen LogP contribution in [0.25, 0.3) is 0 Å². The minimum absolute atomic E-state index is 0.00935. The molecule has 0 amide bonds. The van der Waals surface area contributed by atoms with E-state index in [9.17, 15) is 4.79 Å². The maximum atomic E-state index is 10.6. The summed E-state index contributed by atoms with van der Waals surface area (Å²) in [4.78, 5) is 14.2. The van der Waals surface area contributed by atoms with E-state index in [0.29, 0.717) is 5.57 Å². The van der Waals surface area contributed by atoms with Crippen molar-refractivity contribution in [3.8, 4) is 0 Å². The highest BCUT2D eigenvalue weighted by Gasteiger charge is 2.10. The molecule has 0 spiro atoms. The van der Waals surface area contributed by atoms with Crippen molar-refractivity contribution in [2.24, 2.45) is 4.99 Å². The molecule has 0 fully saturated rings. The Kier molecular flexibility index (Phi) is 4.38. The van der Waals surface area contributed by atoms with E-state index in [1.165, 1.54) is 19.2 Å². The third kappa shape index (κ3) is 2.54. The lowest BCUT2D eigenvalue weighted by Crippen LogP contribution is -2.14. The molecule has 0 aliphatic heterocycles. The van der Waals surface area contributed by atoms with Gasteiger partial charge in [0.1, 0.15) is 5.71 Å².